The molecule has 0 amide bonds. The summed E-state index contributed by atoms with van der Waals surface area (Å²) in [5.74, 6) is -1.16. The fourth-order valence-corrected chi connectivity index (χ4v) is 3.12. The highest BCUT2D eigenvalue weighted by molar-refractivity contribution is 6.04. The van der Waals surface area contributed by atoms with Crippen LogP contribution in [-0.2, 0) is 19.1 Å². The predicted octanol–water partition coefficient (Wildman–Crippen LogP) is 7.03. The van der Waals surface area contributed by atoms with E-state index in [9.17, 15) is 9.59 Å². The smallest absolute Gasteiger partial charge is 0.338 e. The highest BCUT2D eigenvalue weighted by Crippen LogP contribution is 2.13. The van der Waals surface area contributed by atoms with Crippen LogP contribution in [0, 0.1) is 0 Å². The minimum atomic E-state index is -0.579. The summed E-state index contributed by atoms with van der Waals surface area (Å²) in [5.41, 5.74) is 0. The molecule has 1 aliphatic heterocycles. The normalized spacial score (nSPS) is 12.5. The lowest BCUT2D eigenvalue weighted by Crippen LogP contribution is -1.96. The average molecular weight is 395 g/mol. The Labute approximate surface area is 172 Å². The molecule has 1 aliphatic rings. The third kappa shape index (κ3) is 20.7. The zero-order chi connectivity index (χ0) is 20.7. The SMILES string of the molecule is C=COCCCCCCCCCCCCCCCCCC.O=C1C=CC(=O)O1. The molecule has 0 spiro atoms. The minimum Gasteiger partial charge on any atom is -0.502 e. The fraction of sp³-hybridized carbons (Fsp3) is 0.750. The number of rotatable bonds is 18. The Bertz CT molecular complexity index is 399. The lowest BCUT2D eigenvalue weighted by atomic mass is 10.0. The van der Waals surface area contributed by atoms with Crippen LogP contribution in [0.3, 0.4) is 0 Å². The summed E-state index contributed by atoms with van der Waals surface area (Å²) >= 11 is 0. The molecule has 162 valence electrons. The van der Waals surface area contributed by atoms with Crippen molar-refractivity contribution < 1.29 is 19.1 Å². The van der Waals surface area contributed by atoms with Crippen molar-refractivity contribution in [3.05, 3.63) is 25.0 Å². The van der Waals surface area contributed by atoms with Crippen molar-refractivity contribution in [1.29, 1.82) is 0 Å². The number of carbonyl (C=O) groups excluding carboxylic acids is 2. The summed E-state index contributed by atoms with van der Waals surface area (Å²) in [5, 5.41) is 0. The first-order chi connectivity index (χ1) is 13.7. The van der Waals surface area contributed by atoms with Gasteiger partial charge in [-0.05, 0) is 6.42 Å². The van der Waals surface area contributed by atoms with E-state index in [0.29, 0.717) is 0 Å². The van der Waals surface area contributed by atoms with Crippen molar-refractivity contribution in [2.24, 2.45) is 0 Å². The van der Waals surface area contributed by atoms with Gasteiger partial charge >= 0.3 is 11.9 Å². The minimum absolute atomic E-state index is 0.579. The fourth-order valence-electron chi connectivity index (χ4n) is 3.12. The van der Waals surface area contributed by atoms with Gasteiger partial charge in [-0.2, -0.15) is 0 Å². The van der Waals surface area contributed by atoms with Gasteiger partial charge in [0.15, 0.2) is 0 Å². The van der Waals surface area contributed by atoms with Crippen molar-refractivity contribution in [3.63, 3.8) is 0 Å². The van der Waals surface area contributed by atoms with Crippen molar-refractivity contribution in [2.45, 2.75) is 110 Å². The molecule has 0 unspecified atom stereocenters. The second-order valence-corrected chi connectivity index (χ2v) is 7.41. The van der Waals surface area contributed by atoms with Gasteiger partial charge in [0, 0.05) is 12.2 Å². The van der Waals surface area contributed by atoms with Crippen molar-refractivity contribution in [2.75, 3.05) is 6.61 Å². The standard InChI is InChI=1S/C20H40O.C4H2O3/c1-3-5-6-7-8-9-10-11-12-13-14-15-16-17-18-19-20-21-4-2;5-3-1-2-4(6)7-3/h4H,2-3,5-20H2,1H3;1-2H. The number of hydrogen-bond acceptors (Lipinski definition) is 4. The second kappa shape index (κ2) is 21.7. The van der Waals surface area contributed by atoms with Crippen LogP contribution >= 0.6 is 0 Å². The molecular formula is C24H42O4. The maximum Gasteiger partial charge on any atom is 0.338 e. The number of carbonyl (C=O) groups is 2. The molecule has 0 fully saturated rings. The number of unbranched alkanes of at least 4 members (excludes halogenated alkanes) is 15. The maximum absolute atomic E-state index is 9.92. The van der Waals surface area contributed by atoms with Gasteiger partial charge in [-0.3, -0.25) is 0 Å². The summed E-state index contributed by atoms with van der Waals surface area (Å²) < 4.78 is 9.09. The van der Waals surface area contributed by atoms with E-state index in [1.807, 2.05) is 0 Å². The van der Waals surface area contributed by atoms with E-state index in [-0.39, 0.29) is 0 Å². The second-order valence-electron chi connectivity index (χ2n) is 7.41. The quantitative estimate of drug-likeness (QED) is 0.108. The highest BCUT2D eigenvalue weighted by atomic mass is 16.6. The van der Waals surface area contributed by atoms with Gasteiger partial charge in [-0.25, -0.2) is 9.59 Å². The van der Waals surface area contributed by atoms with Gasteiger partial charge in [-0.15, -0.1) is 0 Å². The van der Waals surface area contributed by atoms with Crippen LogP contribution in [0.25, 0.3) is 0 Å². The summed E-state index contributed by atoms with van der Waals surface area (Å²) in [6.45, 7) is 6.69. The maximum atomic E-state index is 9.92. The summed E-state index contributed by atoms with van der Waals surface area (Å²) in [6.07, 6.45) is 26.4. The van der Waals surface area contributed by atoms with Crippen LogP contribution in [0.4, 0.5) is 0 Å². The van der Waals surface area contributed by atoms with E-state index in [1.165, 1.54) is 103 Å². The number of esters is 2. The first-order valence-electron chi connectivity index (χ1n) is 11.4. The first kappa shape index (κ1) is 26.4. The molecule has 0 aromatic carbocycles. The summed E-state index contributed by atoms with van der Waals surface area (Å²) in [4.78, 5) is 19.8. The van der Waals surface area contributed by atoms with E-state index >= 15 is 0 Å². The van der Waals surface area contributed by atoms with Crippen LogP contribution < -0.4 is 0 Å². The van der Waals surface area contributed by atoms with Crippen molar-refractivity contribution >= 4 is 11.9 Å². The lowest BCUT2D eigenvalue weighted by Gasteiger charge is -2.03. The molecule has 0 saturated carbocycles. The van der Waals surface area contributed by atoms with E-state index in [0.717, 1.165) is 18.8 Å². The monoisotopic (exact) mass is 394 g/mol. The van der Waals surface area contributed by atoms with Gasteiger partial charge in [0.05, 0.1) is 12.9 Å². The molecule has 0 atom stereocenters. The number of cyclic esters (lactones) is 2. The van der Waals surface area contributed by atoms with Gasteiger partial charge in [0.2, 0.25) is 0 Å². The van der Waals surface area contributed by atoms with E-state index in [1.54, 1.807) is 6.26 Å². The first-order valence-corrected chi connectivity index (χ1v) is 11.4. The molecule has 28 heavy (non-hydrogen) atoms. The van der Waals surface area contributed by atoms with Crippen molar-refractivity contribution in [1.82, 2.24) is 0 Å². The summed E-state index contributed by atoms with van der Waals surface area (Å²) in [6, 6.07) is 0. The Morgan fingerprint density at radius 3 is 1.36 bits per heavy atom. The van der Waals surface area contributed by atoms with Gasteiger partial charge in [0.1, 0.15) is 0 Å². The molecule has 0 bridgehead atoms. The summed E-state index contributed by atoms with van der Waals surface area (Å²) in [7, 11) is 0. The zero-order valence-corrected chi connectivity index (χ0v) is 18.1. The predicted molar refractivity (Wildman–Crippen MR) is 116 cm³/mol. The molecule has 1 heterocycles. The Morgan fingerprint density at radius 1 is 0.714 bits per heavy atom. The van der Waals surface area contributed by atoms with Crippen LogP contribution in [0.5, 0.6) is 0 Å². The molecule has 0 aliphatic carbocycles. The molecule has 4 nitrogen and oxygen atoms in total. The molecule has 0 aromatic rings. The van der Waals surface area contributed by atoms with Crippen molar-refractivity contribution in [3.8, 4) is 0 Å². The largest absolute Gasteiger partial charge is 0.502 e. The molecular weight excluding hydrogens is 352 g/mol. The highest BCUT2D eigenvalue weighted by Gasteiger charge is 2.10. The van der Waals surface area contributed by atoms with Crippen LogP contribution in [-0.4, -0.2) is 18.5 Å². The van der Waals surface area contributed by atoms with Gasteiger partial charge in [-0.1, -0.05) is 110 Å². The zero-order valence-electron chi connectivity index (χ0n) is 18.1. The molecule has 0 N–H and O–H groups in total. The lowest BCUT2D eigenvalue weighted by molar-refractivity contribution is -0.150. The number of ether oxygens (including phenoxy) is 2. The van der Waals surface area contributed by atoms with Crippen LogP contribution in [0.15, 0.2) is 25.0 Å². The van der Waals surface area contributed by atoms with Crippen LogP contribution in [0.1, 0.15) is 110 Å². The third-order valence-electron chi connectivity index (χ3n) is 4.79. The van der Waals surface area contributed by atoms with E-state index in [2.05, 4.69) is 18.2 Å². The van der Waals surface area contributed by atoms with E-state index < -0.39 is 11.9 Å². The molecule has 4 heteroatoms. The van der Waals surface area contributed by atoms with E-state index in [4.69, 9.17) is 4.74 Å². The molecule has 0 radical (unpaired) electrons. The average Bonchev–Trinajstić information content (AvgIpc) is 3.07. The van der Waals surface area contributed by atoms with Crippen LogP contribution in [0.2, 0.25) is 0 Å². The Kier molecular flexibility index (Phi) is 20.5. The third-order valence-corrected chi connectivity index (χ3v) is 4.79. The molecule has 0 aromatic heterocycles. The Morgan fingerprint density at radius 2 is 1.07 bits per heavy atom. The number of hydrogen-bond donors (Lipinski definition) is 0. The molecule has 1 rings (SSSR count). The molecule has 0 saturated heterocycles. The van der Waals surface area contributed by atoms with Gasteiger partial charge in [0.25, 0.3) is 0 Å². The topological polar surface area (TPSA) is 52.6 Å². The Hall–Kier alpha value is -1.58. The Balaban J connectivity index is 0.000000861. The van der Waals surface area contributed by atoms with Gasteiger partial charge < -0.3 is 9.47 Å².